The van der Waals surface area contributed by atoms with Gasteiger partial charge in [0, 0.05) is 12.1 Å². The van der Waals surface area contributed by atoms with Gasteiger partial charge in [0.25, 0.3) is 6.55 Å². The highest BCUT2D eigenvalue weighted by molar-refractivity contribution is 6.50. The Morgan fingerprint density at radius 1 is 0.676 bits per heavy atom. The molecule has 1 aromatic rings. The predicted octanol–water partition coefficient (Wildman–Crippen LogP) is 9.25. The molecular weight excluding hydrogens is 475 g/mol. The van der Waals surface area contributed by atoms with Crippen LogP contribution in [0.1, 0.15) is 133 Å². The first-order valence-electron chi connectivity index (χ1n) is 14.5. The van der Waals surface area contributed by atoms with Crippen LogP contribution in [0.2, 0.25) is 0 Å². The number of allylic oxidation sites excluding steroid dienone is 2. The number of hydrogen-bond acceptors (Lipinski definition) is 3. The average Bonchev–Trinajstić information content (AvgIpc) is 2.89. The lowest BCUT2D eigenvalue weighted by atomic mass is 9.86. The van der Waals surface area contributed by atoms with Gasteiger partial charge in [0.2, 0.25) is 11.6 Å². The highest BCUT2D eigenvalue weighted by Gasteiger charge is 2.28. The van der Waals surface area contributed by atoms with Crippen LogP contribution in [0.25, 0.3) is 5.57 Å². The molecule has 0 saturated heterocycles. The zero-order chi connectivity index (χ0) is 27.3. The van der Waals surface area contributed by atoms with Crippen LogP contribution in [-0.4, -0.2) is 30.8 Å². The second kappa shape index (κ2) is 21.0. The van der Waals surface area contributed by atoms with Gasteiger partial charge in [0.05, 0.1) is 0 Å². The molecule has 0 spiro atoms. The van der Waals surface area contributed by atoms with Gasteiger partial charge in [-0.3, -0.25) is 14.9 Å². The molecule has 1 aromatic carbocycles. The number of carbonyl (C=O) groups excluding carboxylic acids is 2. The van der Waals surface area contributed by atoms with Crippen molar-refractivity contribution in [2.75, 3.05) is 6.54 Å². The van der Waals surface area contributed by atoms with Gasteiger partial charge < -0.3 is 0 Å². The molecule has 0 radical (unpaired) electrons. The van der Waals surface area contributed by atoms with E-state index in [4.69, 9.17) is 0 Å². The van der Waals surface area contributed by atoms with Crippen LogP contribution >= 0.6 is 0 Å². The Morgan fingerprint density at radius 3 is 1.68 bits per heavy atom. The molecule has 0 bridgehead atoms. The topological polar surface area (TPSA) is 46.2 Å². The Labute approximate surface area is 222 Å². The smallest absolute Gasteiger partial charge is 0.286 e. The van der Waals surface area contributed by atoms with Crippen molar-refractivity contribution in [3.8, 4) is 0 Å². The number of nitrogens with one attached hydrogen (secondary N) is 1. The molecule has 1 N–H and O–H groups in total. The van der Waals surface area contributed by atoms with Gasteiger partial charge >= 0.3 is 0 Å². The summed E-state index contributed by atoms with van der Waals surface area (Å²) < 4.78 is 37.3. The van der Waals surface area contributed by atoms with Crippen LogP contribution in [0, 0.1) is 0 Å². The molecule has 0 amide bonds. The number of hydrogen-bond donors (Lipinski definition) is 1. The number of alkyl halides is 3. The van der Waals surface area contributed by atoms with Crippen molar-refractivity contribution in [3.63, 3.8) is 0 Å². The van der Waals surface area contributed by atoms with E-state index in [1.807, 2.05) is 12.2 Å². The molecule has 1 aliphatic carbocycles. The number of Topliss-reactive ketones (excluding diaryl/α,β-unsaturated/α-hetero) is 1. The van der Waals surface area contributed by atoms with E-state index in [9.17, 15) is 22.8 Å². The van der Waals surface area contributed by atoms with Crippen molar-refractivity contribution in [2.24, 2.45) is 0 Å². The van der Waals surface area contributed by atoms with E-state index in [1.54, 1.807) is 24.3 Å². The van der Waals surface area contributed by atoms with Crippen molar-refractivity contribution >= 4 is 17.1 Å². The zero-order valence-electron chi connectivity index (χ0n) is 23.0. The number of carbonyl (C=O) groups is 2. The van der Waals surface area contributed by atoms with Gasteiger partial charge in [0.15, 0.2) is 0 Å². The first kappa shape index (κ1) is 33.1. The van der Waals surface area contributed by atoms with Crippen molar-refractivity contribution in [3.05, 3.63) is 41.5 Å². The first-order chi connectivity index (χ1) is 17.9. The molecule has 1 unspecified atom stereocenters. The van der Waals surface area contributed by atoms with Crippen LogP contribution in [0.3, 0.4) is 0 Å². The molecule has 0 fully saturated rings. The van der Waals surface area contributed by atoms with E-state index in [0.29, 0.717) is 29.7 Å². The van der Waals surface area contributed by atoms with Gasteiger partial charge in [-0.05, 0) is 30.1 Å². The molecule has 210 valence electrons. The monoisotopic (exact) mass is 523 g/mol. The Bertz CT molecular complexity index is 794. The number of ketones is 2. The maximum Gasteiger partial charge on any atom is 0.292 e. The van der Waals surface area contributed by atoms with Crippen LogP contribution in [0.5, 0.6) is 0 Å². The third-order valence-electron chi connectivity index (χ3n) is 6.72. The fourth-order valence-corrected chi connectivity index (χ4v) is 4.49. The van der Waals surface area contributed by atoms with E-state index in [1.165, 1.54) is 70.3 Å². The molecule has 6 heteroatoms. The molecule has 0 aliphatic heterocycles. The number of halogens is 3. The third kappa shape index (κ3) is 14.5. The summed E-state index contributed by atoms with van der Waals surface area (Å²) >= 11 is 0. The van der Waals surface area contributed by atoms with Crippen molar-refractivity contribution in [1.29, 1.82) is 0 Å². The van der Waals surface area contributed by atoms with E-state index in [-0.39, 0.29) is 0 Å². The van der Waals surface area contributed by atoms with Crippen molar-refractivity contribution in [2.45, 2.75) is 129 Å². The van der Waals surface area contributed by atoms with Crippen molar-refractivity contribution in [1.82, 2.24) is 5.32 Å². The summed E-state index contributed by atoms with van der Waals surface area (Å²) in [5, 5.41) is 2.01. The Kier molecular flexibility index (Phi) is 18.8. The highest BCUT2D eigenvalue weighted by Crippen LogP contribution is 2.31. The number of fused-ring (bicyclic) bond motifs is 1. The van der Waals surface area contributed by atoms with Gasteiger partial charge in [-0.1, -0.05) is 128 Å². The highest BCUT2D eigenvalue weighted by atomic mass is 19.3. The minimum Gasteiger partial charge on any atom is -0.286 e. The summed E-state index contributed by atoms with van der Waals surface area (Å²) in [7, 11) is 0. The molecule has 1 atom stereocenters. The van der Waals surface area contributed by atoms with E-state index in [0.717, 1.165) is 32.1 Å². The predicted molar refractivity (Wildman–Crippen MR) is 148 cm³/mol. The zero-order valence-corrected chi connectivity index (χ0v) is 23.0. The van der Waals surface area contributed by atoms with E-state index in [2.05, 4.69) is 6.92 Å². The molecule has 0 aromatic heterocycles. The third-order valence-corrected chi connectivity index (χ3v) is 6.72. The summed E-state index contributed by atoms with van der Waals surface area (Å²) in [6.07, 6.45) is 18.6. The van der Waals surface area contributed by atoms with Crippen LogP contribution < -0.4 is 5.32 Å². The molecular formula is C31H48F3NO2. The summed E-state index contributed by atoms with van der Waals surface area (Å²) in [5.74, 6) is -1.13. The second-order valence-electron chi connectivity index (χ2n) is 9.95. The Morgan fingerprint density at radius 2 is 1.16 bits per heavy atom. The molecule has 3 nitrogen and oxygen atoms in total. The lowest BCUT2D eigenvalue weighted by molar-refractivity contribution is -0.111. The number of rotatable bonds is 19. The molecule has 37 heavy (non-hydrogen) atoms. The van der Waals surface area contributed by atoms with Crippen molar-refractivity contribution < 1.29 is 22.8 Å². The summed E-state index contributed by atoms with van der Waals surface area (Å²) in [6, 6.07) is 6.85. The summed E-state index contributed by atoms with van der Waals surface area (Å²) in [4.78, 5) is 23.8. The SMILES string of the molecule is CCCCCCCCCCCCCCCC(F)C1=CC(=O)C(=O)c2ccccc21.CCCCNC(F)F. The lowest BCUT2D eigenvalue weighted by Gasteiger charge is -2.19. The average molecular weight is 524 g/mol. The van der Waals surface area contributed by atoms with Gasteiger partial charge in [-0.25, -0.2) is 4.39 Å². The van der Waals surface area contributed by atoms with Gasteiger partial charge in [-0.15, -0.1) is 0 Å². The number of unbranched alkanes of at least 4 members (excludes halogenated alkanes) is 13. The molecule has 1 aliphatic rings. The maximum atomic E-state index is 14.8. The second-order valence-corrected chi connectivity index (χ2v) is 9.95. The standard InChI is InChI=1S/C26H37FO2.C5H11F2N/c1-2-3-4-5-6-7-8-9-10-11-12-13-14-19-24(27)23-20-25(28)26(29)22-18-16-15-17-21(22)23;1-2-3-4-8-5(6)7/h15-18,20,24H,2-14,19H2,1H3;5,8H,2-4H2,1H3. The normalized spacial score (nSPS) is 13.7. The minimum atomic E-state index is -2.35. The minimum absolute atomic E-state index is 0.336. The Balaban J connectivity index is 0.000000738. The van der Waals surface area contributed by atoms with E-state index >= 15 is 0 Å². The Hall–Kier alpha value is -1.95. The van der Waals surface area contributed by atoms with Crippen LogP contribution in [0.4, 0.5) is 13.2 Å². The van der Waals surface area contributed by atoms with Gasteiger partial charge in [0.1, 0.15) is 6.17 Å². The molecule has 2 rings (SSSR count). The van der Waals surface area contributed by atoms with Crippen LogP contribution in [-0.2, 0) is 4.79 Å². The molecule has 0 heterocycles. The largest absolute Gasteiger partial charge is 0.292 e. The quantitative estimate of drug-likeness (QED) is 0.112. The molecule has 0 saturated carbocycles. The number of benzene rings is 1. The van der Waals surface area contributed by atoms with Gasteiger partial charge in [-0.2, -0.15) is 8.78 Å². The van der Waals surface area contributed by atoms with E-state index < -0.39 is 24.3 Å². The first-order valence-corrected chi connectivity index (χ1v) is 14.5. The van der Waals surface area contributed by atoms with Crippen LogP contribution in [0.15, 0.2) is 30.3 Å². The summed E-state index contributed by atoms with van der Waals surface area (Å²) in [5.41, 5.74) is 1.30. The fraction of sp³-hybridized carbons (Fsp3) is 0.677. The lowest BCUT2D eigenvalue weighted by Crippen LogP contribution is -2.21. The maximum absolute atomic E-state index is 14.8. The fourth-order valence-electron chi connectivity index (χ4n) is 4.49. The summed E-state index contributed by atoms with van der Waals surface area (Å²) in [6.45, 7) is 2.30.